The lowest BCUT2D eigenvalue weighted by molar-refractivity contribution is -0.384. The van der Waals surface area contributed by atoms with Crippen LogP contribution in [-0.4, -0.2) is 36.3 Å². The second-order valence-electron chi connectivity index (χ2n) is 5.43. The average Bonchev–Trinajstić information content (AvgIpc) is 3.10. The first-order valence-corrected chi connectivity index (χ1v) is 9.07. The normalized spacial score (nSPS) is 10.6. The summed E-state index contributed by atoms with van der Waals surface area (Å²) in [4.78, 5) is 26.5. The molecule has 2 heterocycles. The quantitative estimate of drug-likeness (QED) is 0.378. The number of hydrogen-bond acceptors (Lipinski definition) is 7. The number of nitro groups is 1. The average molecular weight is 384 g/mol. The number of nitrogens with one attached hydrogen (secondary N) is 1. The first-order chi connectivity index (χ1) is 13.1. The number of pyridine rings is 1. The highest BCUT2D eigenvalue weighted by Crippen LogP contribution is 2.24. The van der Waals surface area contributed by atoms with Crippen molar-refractivity contribution in [2.24, 2.45) is 0 Å². The van der Waals surface area contributed by atoms with E-state index in [1.807, 2.05) is 23.6 Å². The smallest absolute Gasteiger partial charge is 0.271 e. The number of anilines is 1. The van der Waals surface area contributed by atoms with E-state index in [9.17, 15) is 14.9 Å². The molecule has 1 aromatic carbocycles. The fourth-order valence-corrected chi connectivity index (χ4v) is 3.22. The molecule has 0 saturated carbocycles. The van der Waals surface area contributed by atoms with Crippen LogP contribution in [0.15, 0.2) is 53.9 Å². The van der Waals surface area contributed by atoms with E-state index >= 15 is 0 Å². The summed E-state index contributed by atoms with van der Waals surface area (Å²) in [7, 11) is 0. The van der Waals surface area contributed by atoms with Crippen molar-refractivity contribution >= 4 is 29.0 Å². The first-order valence-electron chi connectivity index (χ1n) is 8.09. The van der Waals surface area contributed by atoms with E-state index in [1.165, 1.54) is 30.0 Å². The van der Waals surface area contributed by atoms with Gasteiger partial charge in [-0.25, -0.2) is 0 Å². The molecule has 3 aromatic rings. The zero-order valence-electron chi connectivity index (χ0n) is 14.4. The van der Waals surface area contributed by atoms with E-state index in [2.05, 4.69) is 20.5 Å². The molecule has 0 radical (unpaired) electrons. The molecule has 2 aromatic heterocycles. The molecular weight excluding hydrogens is 368 g/mol. The van der Waals surface area contributed by atoms with Crippen LogP contribution in [0.1, 0.15) is 6.92 Å². The van der Waals surface area contributed by atoms with Gasteiger partial charge in [-0.2, -0.15) is 0 Å². The largest absolute Gasteiger partial charge is 0.325 e. The van der Waals surface area contributed by atoms with Gasteiger partial charge in [-0.05, 0) is 25.1 Å². The van der Waals surface area contributed by atoms with E-state index in [-0.39, 0.29) is 17.3 Å². The summed E-state index contributed by atoms with van der Waals surface area (Å²) >= 11 is 1.25. The zero-order valence-corrected chi connectivity index (χ0v) is 15.2. The van der Waals surface area contributed by atoms with Crippen molar-refractivity contribution in [1.29, 1.82) is 0 Å². The van der Waals surface area contributed by atoms with Crippen molar-refractivity contribution < 1.29 is 9.72 Å². The number of rotatable bonds is 7. The van der Waals surface area contributed by atoms with Crippen molar-refractivity contribution in [3.05, 3.63) is 58.9 Å². The van der Waals surface area contributed by atoms with Gasteiger partial charge in [-0.15, -0.1) is 10.2 Å². The predicted molar refractivity (Wildman–Crippen MR) is 101 cm³/mol. The zero-order chi connectivity index (χ0) is 19.2. The third kappa shape index (κ3) is 4.47. The minimum absolute atomic E-state index is 0.0758. The van der Waals surface area contributed by atoms with Crippen molar-refractivity contribution in [2.75, 3.05) is 11.1 Å². The van der Waals surface area contributed by atoms with Crippen LogP contribution in [0, 0.1) is 10.1 Å². The molecule has 1 N–H and O–H groups in total. The van der Waals surface area contributed by atoms with Crippen LogP contribution >= 0.6 is 11.8 Å². The van der Waals surface area contributed by atoms with Gasteiger partial charge in [0, 0.05) is 42.3 Å². The Morgan fingerprint density at radius 2 is 2.04 bits per heavy atom. The standard InChI is InChI=1S/C17H16N6O3S/c1-2-22-16(12-6-8-18-9-7-12)20-21-17(22)27-11-15(24)19-13-4-3-5-14(10-13)23(25)26/h3-10H,2,11H2,1H3,(H,19,24). The molecule has 10 heteroatoms. The Labute approximate surface area is 159 Å². The fraction of sp³-hybridized carbons (Fsp3) is 0.176. The van der Waals surface area contributed by atoms with Gasteiger partial charge in [0.15, 0.2) is 11.0 Å². The number of hydrogen-bond donors (Lipinski definition) is 1. The van der Waals surface area contributed by atoms with Crippen LogP contribution < -0.4 is 5.32 Å². The van der Waals surface area contributed by atoms with E-state index in [4.69, 9.17) is 0 Å². The Morgan fingerprint density at radius 3 is 2.74 bits per heavy atom. The Balaban J connectivity index is 1.66. The lowest BCUT2D eigenvalue weighted by atomic mass is 10.2. The highest BCUT2D eigenvalue weighted by Gasteiger charge is 2.15. The second kappa shape index (κ2) is 8.41. The van der Waals surface area contributed by atoms with Crippen molar-refractivity contribution in [1.82, 2.24) is 19.7 Å². The Kier molecular flexibility index (Phi) is 5.77. The van der Waals surface area contributed by atoms with Gasteiger partial charge in [0.25, 0.3) is 5.69 Å². The van der Waals surface area contributed by atoms with Crippen LogP contribution in [0.4, 0.5) is 11.4 Å². The van der Waals surface area contributed by atoms with Gasteiger partial charge in [-0.1, -0.05) is 17.8 Å². The van der Waals surface area contributed by atoms with Crippen LogP contribution in [0.5, 0.6) is 0 Å². The molecule has 9 nitrogen and oxygen atoms in total. The number of thioether (sulfide) groups is 1. The Hall–Kier alpha value is -3.27. The van der Waals surface area contributed by atoms with Crippen LogP contribution in [0.25, 0.3) is 11.4 Å². The van der Waals surface area contributed by atoms with Crippen molar-refractivity contribution in [2.45, 2.75) is 18.6 Å². The Morgan fingerprint density at radius 1 is 1.26 bits per heavy atom. The lowest BCUT2D eigenvalue weighted by Gasteiger charge is -2.07. The SMILES string of the molecule is CCn1c(SCC(=O)Nc2cccc([N+](=O)[O-])c2)nnc1-c1ccncc1. The summed E-state index contributed by atoms with van der Waals surface area (Å²) in [6.07, 6.45) is 3.37. The van der Waals surface area contributed by atoms with E-state index in [0.717, 1.165) is 5.56 Å². The molecule has 0 bridgehead atoms. The number of amides is 1. The molecule has 0 aliphatic carbocycles. The Bertz CT molecular complexity index is 960. The summed E-state index contributed by atoms with van der Waals surface area (Å²) in [5, 5.41) is 22.5. The third-order valence-corrected chi connectivity index (χ3v) is 4.61. The molecule has 1 amide bonds. The summed E-state index contributed by atoms with van der Waals surface area (Å²) in [5.74, 6) is 0.537. The number of nitro benzene ring substituents is 1. The number of nitrogens with zero attached hydrogens (tertiary/aromatic N) is 5. The number of carbonyl (C=O) groups is 1. The number of benzene rings is 1. The topological polar surface area (TPSA) is 116 Å². The monoisotopic (exact) mass is 384 g/mol. The third-order valence-electron chi connectivity index (χ3n) is 3.64. The maximum atomic E-state index is 12.2. The first kappa shape index (κ1) is 18.5. The summed E-state index contributed by atoms with van der Waals surface area (Å²) in [5.41, 5.74) is 1.20. The summed E-state index contributed by atoms with van der Waals surface area (Å²) in [6.45, 7) is 2.63. The van der Waals surface area contributed by atoms with E-state index < -0.39 is 4.92 Å². The molecule has 138 valence electrons. The van der Waals surface area contributed by atoms with Gasteiger partial charge in [0.2, 0.25) is 5.91 Å². The minimum atomic E-state index is -0.505. The van der Waals surface area contributed by atoms with Crippen LogP contribution in [0.2, 0.25) is 0 Å². The van der Waals surface area contributed by atoms with Gasteiger partial charge < -0.3 is 9.88 Å². The second-order valence-corrected chi connectivity index (χ2v) is 6.37. The molecular formula is C17H16N6O3S. The van der Waals surface area contributed by atoms with Crippen molar-refractivity contribution in [3.8, 4) is 11.4 Å². The number of non-ortho nitro benzene ring substituents is 1. The lowest BCUT2D eigenvalue weighted by Crippen LogP contribution is -2.14. The molecule has 0 spiro atoms. The predicted octanol–water partition coefficient (Wildman–Crippen LogP) is 3.00. The molecule has 0 aliphatic rings. The maximum absolute atomic E-state index is 12.2. The highest BCUT2D eigenvalue weighted by molar-refractivity contribution is 7.99. The van der Waals surface area contributed by atoms with Gasteiger partial charge in [0.1, 0.15) is 0 Å². The minimum Gasteiger partial charge on any atom is -0.325 e. The van der Waals surface area contributed by atoms with Crippen LogP contribution in [-0.2, 0) is 11.3 Å². The van der Waals surface area contributed by atoms with E-state index in [0.29, 0.717) is 23.2 Å². The highest BCUT2D eigenvalue weighted by atomic mass is 32.2. The maximum Gasteiger partial charge on any atom is 0.271 e. The summed E-state index contributed by atoms with van der Waals surface area (Å²) < 4.78 is 1.92. The van der Waals surface area contributed by atoms with Gasteiger partial charge in [0.05, 0.1) is 10.7 Å². The fourth-order valence-electron chi connectivity index (χ4n) is 2.42. The molecule has 0 fully saturated rings. The summed E-state index contributed by atoms with van der Waals surface area (Å²) in [6, 6.07) is 9.51. The number of aromatic nitrogens is 4. The molecule has 0 aliphatic heterocycles. The van der Waals surface area contributed by atoms with E-state index in [1.54, 1.807) is 18.5 Å². The van der Waals surface area contributed by atoms with Crippen LogP contribution in [0.3, 0.4) is 0 Å². The van der Waals surface area contributed by atoms with Gasteiger partial charge in [-0.3, -0.25) is 19.9 Å². The molecule has 0 saturated heterocycles. The van der Waals surface area contributed by atoms with Gasteiger partial charge >= 0.3 is 0 Å². The molecule has 27 heavy (non-hydrogen) atoms. The molecule has 0 unspecified atom stereocenters. The van der Waals surface area contributed by atoms with Crippen molar-refractivity contribution in [3.63, 3.8) is 0 Å². The molecule has 0 atom stereocenters. The number of carbonyl (C=O) groups excluding carboxylic acids is 1. The molecule has 3 rings (SSSR count).